The van der Waals surface area contributed by atoms with E-state index in [0.29, 0.717) is 0 Å². The highest BCUT2D eigenvalue weighted by atomic mass is 127. The zero-order valence-corrected chi connectivity index (χ0v) is 12.9. The molecule has 0 spiro atoms. The zero-order valence-electron chi connectivity index (χ0n) is 9.94. The van der Waals surface area contributed by atoms with Crippen LogP contribution < -0.4 is 0 Å². The fraction of sp³-hybridized carbons (Fsp3) is 0.750. The Balaban J connectivity index is 1.58. The second kappa shape index (κ2) is 5.50. The van der Waals surface area contributed by atoms with E-state index in [-0.39, 0.29) is 0 Å². The third-order valence-corrected chi connectivity index (χ3v) is 5.52. The van der Waals surface area contributed by atoms with E-state index in [2.05, 4.69) is 37.4 Å². The van der Waals surface area contributed by atoms with E-state index in [0.717, 1.165) is 12.6 Å². The van der Waals surface area contributed by atoms with Crippen molar-refractivity contribution in [3.05, 3.63) is 14.1 Å². The highest BCUT2D eigenvalue weighted by Crippen LogP contribution is 2.23. The molecule has 0 radical (unpaired) electrons. The summed E-state index contributed by atoms with van der Waals surface area (Å²) in [6.45, 7) is 6.10. The van der Waals surface area contributed by atoms with E-state index in [9.17, 15) is 0 Å². The first-order chi connectivity index (χ1) is 8.31. The average molecular weight is 363 g/mol. The molecule has 1 atom stereocenters. The van der Waals surface area contributed by atoms with Crippen molar-refractivity contribution >= 4 is 33.9 Å². The van der Waals surface area contributed by atoms with Crippen LogP contribution in [-0.2, 0) is 6.54 Å². The van der Waals surface area contributed by atoms with E-state index in [1.54, 1.807) is 0 Å². The monoisotopic (exact) mass is 363 g/mol. The molecule has 1 aromatic rings. The maximum absolute atomic E-state index is 4.47. The van der Waals surface area contributed by atoms with Gasteiger partial charge in [-0.05, 0) is 42.0 Å². The first kappa shape index (κ1) is 12.3. The van der Waals surface area contributed by atoms with Crippen LogP contribution >= 0.6 is 33.9 Å². The van der Waals surface area contributed by atoms with Gasteiger partial charge in [0.15, 0.2) is 0 Å². The summed E-state index contributed by atoms with van der Waals surface area (Å²) in [4.78, 5) is 9.74. The lowest BCUT2D eigenvalue weighted by Crippen LogP contribution is -2.54. The van der Waals surface area contributed by atoms with Crippen molar-refractivity contribution < 1.29 is 0 Å². The number of hydrogen-bond acceptors (Lipinski definition) is 4. The maximum atomic E-state index is 4.47. The largest absolute Gasteiger partial charge is 0.298 e. The third-order valence-electron chi connectivity index (χ3n) is 3.81. The summed E-state index contributed by atoms with van der Waals surface area (Å²) >= 11 is 4.18. The van der Waals surface area contributed by atoms with Gasteiger partial charge < -0.3 is 0 Å². The highest BCUT2D eigenvalue weighted by molar-refractivity contribution is 14.1. The smallest absolute Gasteiger partial charge is 0.108 e. The quantitative estimate of drug-likeness (QED) is 0.753. The lowest BCUT2D eigenvalue weighted by atomic mass is 9.99. The van der Waals surface area contributed by atoms with E-state index in [4.69, 9.17) is 0 Å². The molecule has 0 aliphatic carbocycles. The average Bonchev–Trinajstić information content (AvgIpc) is 2.75. The highest BCUT2D eigenvalue weighted by Gasteiger charge is 2.28. The Labute approximate surface area is 120 Å². The van der Waals surface area contributed by atoms with Crippen molar-refractivity contribution in [1.29, 1.82) is 0 Å². The Morgan fingerprint density at radius 3 is 3.12 bits per heavy atom. The Hall–Kier alpha value is 0.280. The summed E-state index contributed by atoms with van der Waals surface area (Å²) < 4.78 is 1.30. The van der Waals surface area contributed by atoms with Crippen LogP contribution in [0, 0.1) is 2.88 Å². The number of piperazine rings is 1. The second-order valence-corrected chi connectivity index (χ2v) is 7.99. The first-order valence-corrected chi connectivity index (χ1v) is 8.27. The van der Waals surface area contributed by atoms with Crippen LogP contribution in [0.25, 0.3) is 0 Å². The van der Waals surface area contributed by atoms with Crippen molar-refractivity contribution in [2.45, 2.75) is 31.8 Å². The van der Waals surface area contributed by atoms with E-state index in [1.807, 2.05) is 17.5 Å². The molecule has 0 saturated carbocycles. The lowest BCUT2D eigenvalue weighted by molar-refractivity contribution is 0.0456. The number of fused-ring (bicyclic) bond motifs is 1. The van der Waals surface area contributed by atoms with Crippen molar-refractivity contribution in [2.24, 2.45) is 0 Å². The van der Waals surface area contributed by atoms with Gasteiger partial charge in [0.2, 0.25) is 0 Å². The number of rotatable bonds is 2. The third kappa shape index (κ3) is 3.00. The standard InChI is InChI=1S/C12H18IN3S/c13-11-7-14-12(17-11)9-15-5-6-16-4-2-1-3-10(16)8-15/h7,10H,1-6,8-9H2. The lowest BCUT2D eigenvalue weighted by Gasteiger charge is -2.43. The predicted octanol–water partition coefficient (Wildman–Crippen LogP) is 2.42. The van der Waals surface area contributed by atoms with Gasteiger partial charge in [0.05, 0.1) is 15.6 Å². The minimum atomic E-state index is 0.816. The van der Waals surface area contributed by atoms with Crippen molar-refractivity contribution in [3.63, 3.8) is 0 Å². The minimum absolute atomic E-state index is 0.816. The summed E-state index contributed by atoms with van der Waals surface area (Å²) in [6.07, 6.45) is 6.20. The molecule has 1 unspecified atom stereocenters. The summed E-state index contributed by atoms with van der Waals surface area (Å²) in [5.41, 5.74) is 0. The molecule has 0 amide bonds. The molecule has 2 aliphatic rings. The number of aromatic nitrogens is 1. The van der Waals surface area contributed by atoms with Gasteiger partial charge in [-0.2, -0.15) is 0 Å². The molecular weight excluding hydrogens is 345 g/mol. The summed E-state index contributed by atoms with van der Waals surface area (Å²) in [7, 11) is 0. The molecule has 3 rings (SSSR count). The van der Waals surface area contributed by atoms with Gasteiger partial charge in [-0.25, -0.2) is 4.98 Å². The number of halogens is 1. The summed E-state index contributed by atoms with van der Waals surface area (Å²) in [5, 5.41) is 1.28. The van der Waals surface area contributed by atoms with E-state index < -0.39 is 0 Å². The number of nitrogens with zero attached hydrogens (tertiary/aromatic N) is 3. The molecule has 5 heteroatoms. The van der Waals surface area contributed by atoms with Gasteiger partial charge in [-0.1, -0.05) is 6.42 Å². The molecule has 17 heavy (non-hydrogen) atoms. The molecule has 2 saturated heterocycles. The van der Waals surface area contributed by atoms with Crippen LogP contribution in [0.15, 0.2) is 6.20 Å². The van der Waals surface area contributed by atoms with Crippen LogP contribution in [0.4, 0.5) is 0 Å². The topological polar surface area (TPSA) is 19.4 Å². The summed E-state index contributed by atoms with van der Waals surface area (Å²) in [5.74, 6) is 0. The van der Waals surface area contributed by atoms with Gasteiger partial charge >= 0.3 is 0 Å². The number of piperidine rings is 1. The molecular formula is C12H18IN3S. The molecule has 0 N–H and O–H groups in total. The zero-order chi connectivity index (χ0) is 11.7. The molecule has 3 heterocycles. The molecule has 2 aliphatic heterocycles. The van der Waals surface area contributed by atoms with Gasteiger partial charge in [-0.15, -0.1) is 11.3 Å². The summed E-state index contributed by atoms with van der Waals surface area (Å²) in [6, 6.07) is 0.816. The maximum Gasteiger partial charge on any atom is 0.108 e. The first-order valence-electron chi connectivity index (χ1n) is 6.38. The number of thiazole rings is 1. The van der Waals surface area contributed by atoms with Crippen LogP contribution in [0.2, 0.25) is 0 Å². The second-order valence-electron chi connectivity index (χ2n) is 4.98. The van der Waals surface area contributed by atoms with Gasteiger partial charge in [0.1, 0.15) is 5.01 Å². The fourth-order valence-corrected chi connectivity index (χ4v) is 4.50. The normalized spacial score (nSPS) is 27.0. The van der Waals surface area contributed by atoms with Crippen LogP contribution in [-0.4, -0.2) is 47.0 Å². The predicted molar refractivity (Wildman–Crippen MR) is 79.3 cm³/mol. The number of hydrogen-bond donors (Lipinski definition) is 0. The van der Waals surface area contributed by atoms with Crippen LogP contribution in [0.3, 0.4) is 0 Å². The Morgan fingerprint density at radius 2 is 2.29 bits per heavy atom. The molecule has 2 fully saturated rings. The molecule has 0 aromatic carbocycles. The molecule has 3 nitrogen and oxygen atoms in total. The Morgan fingerprint density at radius 1 is 1.35 bits per heavy atom. The fourth-order valence-electron chi connectivity index (χ4n) is 2.92. The Kier molecular flexibility index (Phi) is 3.99. The van der Waals surface area contributed by atoms with Gasteiger partial charge in [-0.3, -0.25) is 9.80 Å². The van der Waals surface area contributed by atoms with Crippen molar-refractivity contribution in [2.75, 3.05) is 26.2 Å². The Bertz CT molecular complexity index is 382. The SMILES string of the molecule is Ic1cnc(CN2CCN3CCCCC3C2)s1. The van der Waals surface area contributed by atoms with Gasteiger partial charge in [0, 0.05) is 25.7 Å². The van der Waals surface area contributed by atoms with E-state index in [1.165, 1.54) is 53.3 Å². The van der Waals surface area contributed by atoms with Crippen molar-refractivity contribution in [3.8, 4) is 0 Å². The molecule has 0 bridgehead atoms. The molecule has 94 valence electrons. The van der Waals surface area contributed by atoms with Crippen LogP contribution in [0.1, 0.15) is 24.3 Å². The van der Waals surface area contributed by atoms with E-state index >= 15 is 0 Å². The van der Waals surface area contributed by atoms with Gasteiger partial charge in [0.25, 0.3) is 0 Å². The van der Waals surface area contributed by atoms with Crippen LogP contribution in [0.5, 0.6) is 0 Å². The molecule has 1 aromatic heterocycles. The van der Waals surface area contributed by atoms with Crippen molar-refractivity contribution in [1.82, 2.24) is 14.8 Å². The minimum Gasteiger partial charge on any atom is -0.298 e.